The number of benzene rings is 2. The van der Waals surface area contributed by atoms with Gasteiger partial charge in [0, 0.05) is 6.21 Å². The second kappa shape index (κ2) is 6.46. The van der Waals surface area contributed by atoms with Crippen molar-refractivity contribution in [2.45, 2.75) is 4.90 Å². The van der Waals surface area contributed by atoms with Crippen LogP contribution < -0.4 is 10.7 Å². The van der Waals surface area contributed by atoms with Crippen LogP contribution in [0, 0.1) is 0 Å². The van der Waals surface area contributed by atoms with Gasteiger partial charge in [-0.15, -0.1) is 4.48 Å². The minimum absolute atomic E-state index is 0.0324. The summed E-state index contributed by atoms with van der Waals surface area (Å²) in [5.41, 5.74) is 6.04. The molecule has 8 heteroatoms. The van der Waals surface area contributed by atoms with Crippen LogP contribution in [0.1, 0.15) is 15.9 Å². The molecule has 0 aliphatic heterocycles. The fourth-order valence-electron chi connectivity index (χ4n) is 1.72. The fourth-order valence-corrected chi connectivity index (χ4v) is 2.32. The van der Waals surface area contributed by atoms with E-state index in [9.17, 15) is 17.7 Å². The molecule has 1 amide bonds. The van der Waals surface area contributed by atoms with E-state index in [1.54, 1.807) is 24.3 Å². The summed E-state index contributed by atoms with van der Waals surface area (Å²) >= 11 is 0. The molecule has 0 saturated carbocycles. The molecule has 2 rings (SSSR count). The van der Waals surface area contributed by atoms with Crippen LogP contribution in [-0.4, -0.2) is 20.5 Å². The smallest absolute Gasteiger partial charge is 0.266 e. The van der Waals surface area contributed by atoms with E-state index in [4.69, 9.17) is 5.73 Å². The normalized spacial score (nSPS) is 11.7. The number of carbonyl (C=O) groups excluding carboxylic acids is 1. The molecule has 2 aromatic rings. The van der Waals surface area contributed by atoms with E-state index < -0.39 is 15.9 Å². The van der Waals surface area contributed by atoms with Crippen LogP contribution in [0.4, 0.5) is 10.2 Å². The number of rotatable bonds is 5. The Bertz CT molecular complexity index is 820. The Hall–Kier alpha value is -2.58. The van der Waals surface area contributed by atoms with Crippen LogP contribution >= 0.6 is 0 Å². The first-order valence-corrected chi connectivity index (χ1v) is 7.58. The van der Waals surface area contributed by atoms with Crippen molar-refractivity contribution in [1.82, 2.24) is 4.94 Å². The van der Waals surface area contributed by atoms with Gasteiger partial charge in [-0.05, 0) is 28.7 Å². The molecule has 0 bridgehead atoms. The van der Waals surface area contributed by atoms with Gasteiger partial charge in [-0.1, -0.05) is 30.3 Å². The van der Waals surface area contributed by atoms with Crippen molar-refractivity contribution >= 4 is 27.8 Å². The molecular weight excluding hydrogens is 309 g/mol. The predicted molar refractivity (Wildman–Crippen MR) is 80.1 cm³/mol. The molecule has 0 unspecified atom stereocenters. The maximum atomic E-state index is 12.3. The number of aliphatic imine (C=N–C) groups is 1. The molecule has 0 saturated heterocycles. The highest BCUT2D eigenvalue weighted by atomic mass is 32.2. The average Bonchev–Trinajstić information content (AvgIpc) is 2.53. The number of amides is 1. The summed E-state index contributed by atoms with van der Waals surface area (Å²) in [7, 11) is -4.29. The third-order valence-electron chi connectivity index (χ3n) is 2.80. The van der Waals surface area contributed by atoms with Crippen molar-refractivity contribution in [3.8, 4) is 0 Å². The SMILES string of the molecule is NC(=O)c1ccc(S(=O)(=O)NF)cc1N=Cc1ccccc1. The molecule has 0 aromatic heterocycles. The van der Waals surface area contributed by atoms with Crippen LogP contribution in [-0.2, 0) is 10.0 Å². The summed E-state index contributed by atoms with van der Waals surface area (Å²) in [6.07, 6.45) is 1.45. The first-order valence-electron chi connectivity index (χ1n) is 6.09. The van der Waals surface area contributed by atoms with Crippen LogP contribution in [0.5, 0.6) is 0 Å². The number of sulfonamides is 1. The molecule has 22 heavy (non-hydrogen) atoms. The van der Waals surface area contributed by atoms with Crippen LogP contribution in [0.15, 0.2) is 58.4 Å². The van der Waals surface area contributed by atoms with Gasteiger partial charge in [-0.2, -0.15) is 0 Å². The highest BCUT2D eigenvalue weighted by Gasteiger charge is 2.17. The maximum Gasteiger partial charge on any atom is 0.266 e. The molecule has 0 heterocycles. The number of nitrogens with one attached hydrogen (secondary N) is 1. The molecule has 2 aromatic carbocycles. The van der Waals surface area contributed by atoms with Crippen molar-refractivity contribution in [3.63, 3.8) is 0 Å². The summed E-state index contributed by atoms with van der Waals surface area (Å²) in [6, 6.07) is 12.3. The van der Waals surface area contributed by atoms with Crippen molar-refractivity contribution in [1.29, 1.82) is 0 Å². The molecule has 0 radical (unpaired) electrons. The quantitative estimate of drug-likeness (QED) is 0.647. The third-order valence-corrected chi connectivity index (χ3v) is 3.88. The van der Waals surface area contributed by atoms with Gasteiger partial charge >= 0.3 is 0 Å². The standard InChI is InChI=1S/C14H12FN3O3S/c15-18-22(20,21)11-6-7-12(14(16)19)13(8-11)17-9-10-4-2-1-3-5-10/h1-9,18H,(H2,16,19). The Balaban J connectivity index is 2.49. The molecule has 114 valence electrons. The molecule has 0 aliphatic rings. The summed E-state index contributed by atoms with van der Waals surface area (Å²) < 4.78 is 35.2. The lowest BCUT2D eigenvalue weighted by Gasteiger charge is -2.05. The lowest BCUT2D eigenvalue weighted by atomic mass is 10.1. The molecule has 0 spiro atoms. The minimum Gasteiger partial charge on any atom is -0.366 e. The highest BCUT2D eigenvalue weighted by Crippen LogP contribution is 2.23. The number of hydrogen-bond donors (Lipinski definition) is 2. The largest absolute Gasteiger partial charge is 0.366 e. The summed E-state index contributed by atoms with van der Waals surface area (Å²) in [4.78, 5) is 15.8. The number of nitrogens with two attached hydrogens (primary N) is 1. The number of nitrogens with zero attached hydrogens (tertiary/aromatic N) is 1. The fraction of sp³-hybridized carbons (Fsp3) is 0. The average molecular weight is 321 g/mol. The zero-order chi connectivity index (χ0) is 16.2. The third kappa shape index (κ3) is 3.54. The maximum absolute atomic E-state index is 12.3. The number of primary amides is 1. The van der Waals surface area contributed by atoms with Gasteiger partial charge in [0.15, 0.2) is 0 Å². The van der Waals surface area contributed by atoms with E-state index >= 15 is 0 Å². The lowest BCUT2D eigenvalue weighted by molar-refractivity contribution is 0.100. The zero-order valence-corrected chi connectivity index (χ0v) is 12.0. The Morgan fingerprint density at radius 3 is 2.45 bits per heavy atom. The molecule has 0 atom stereocenters. The van der Waals surface area contributed by atoms with E-state index in [0.29, 0.717) is 4.94 Å². The first-order chi connectivity index (χ1) is 10.4. The van der Waals surface area contributed by atoms with E-state index in [0.717, 1.165) is 17.7 Å². The van der Waals surface area contributed by atoms with Crippen LogP contribution in [0.25, 0.3) is 0 Å². The number of halogens is 1. The van der Waals surface area contributed by atoms with Crippen LogP contribution in [0.3, 0.4) is 0 Å². The molecule has 6 nitrogen and oxygen atoms in total. The molecule has 3 N–H and O–H groups in total. The van der Waals surface area contributed by atoms with Crippen molar-refractivity contribution in [2.75, 3.05) is 0 Å². The monoisotopic (exact) mass is 321 g/mol. The molecule has 0 fully saturated rings. The zero-order valence-electron chi connectivity index (χ0n) is 11.2. The van der Waals surface area contributed by atoms with E-state index in [2.05, 4.69) is 4.99 Å². The van der Waals surface area contributed by atoms with Crippen LogP contribution in [0.2, 0.25) is 0 Å². The van der Waals surface area contributed by atoms with Crippen molar-refractivity contribution < 1.29 is 17.7 Å². The lowest BCUT2D eigenvalue weighted by Crippen LogP contribution is -2.16. The Labute approximate surface area is 126 Å². The van der Waals surface area contributed by atoms with Gasteiger partial charge in [-0.3, -0.25) is 9.79 Å². The molecular formula is C14H12FN3O3S. The van der Waals surface area contributed by atoms with Crippen molar-refractivity contribution in [2.24, 2.45) is 10.7 Å². The summed E-state index contributed by atoms with van der Waals surface area (Å²) in [5.74, 6) is -0.766. The minimum atomic E-state index is -4.29. The Kier molecular flexibility index (Phi) is 4.64. The van der Waals surface area contributed by atoms with Gasteiger partial charge in [0.05, 0.1) is 16.1 Å². The number of hydrogen-bond acceptors (Lipinski definition) is 4. The highest BCUT2D eigenvalue weighted by molar-refractivity contribution is 7.89. The van der Waals surface area contributed by atoms with Gasteiger partial charge < -0.3 is 5.73 Å². The second-order valence-electron chi connectivity index (χ2n) is 4.29. The van der Waals surface area contributed by atoms with E-state index in [-0.39, 0.29) is 16.1 Å². The first kappa shape index (κ1) is 15.8. The van der Waals surface area contributed by atoms with Gasteiger partial charge in [0.25, 0.3) is 15.9 Å². The summed E-state index contributed by atoms with van der Waals surface area (Å²) in [5, 5.41) is 0. The van der Waals surface area contributed by atoms with E-state index in [1.165, 1.54) is 12.3 Å². The van der Waals surface area contributed by atoms with Gasteiger partial charge in [0.1, 0.15) is 0 Å². The van der Waals surface area contributed by atoms with Gasteiger partial charge in [-0.25, -0.2) is 8.42 Å². The van der Waals surface area contributed by atoms with Crippen molar-refractivity contribution in [3.05, 3.63) is 59.7 Å². The Morgan fingerprint density at radius 2 is 1.86 bits per heavy atom. The Morgan fingerprint density at radius 1 is 1.18 bits per heavy atom. The van der Waals surface area contributed by atoms with Gasteiger partial charge in [0.2, 0.25) is 0 Å². The second-order valence-corrected chi connectivity index (χ2v) is 5.93. The molecule has 0 aliphatic carbocycles. The predicted octanol–water partition coefficient (Wildman–Crippen LogP) is 1.70. The topological polar surface area (TPSA) is 102 Å². The summed E-state index contributed by atoms with van der Waals surface area (Å²) in [6.45, 7) is 0. The number of carbonyl (C=O) groups is 1. The van der Waals surface area contributed by atoms with E-state index in [1.807, 2.05) is 6.07 Å².